The normalized spacial score (nSPS) is 22.2. The van der Waals surface area contributed by atoms with Crippen molar-refractivity contribution in [2.24, 2.45) is 5.92 Å². The third kappa shape index (κ3) is 3.01. The van der Waals surface area contributed by atoms with Gasteiger partial charge in [-0.05, 0) is 32.3 Å². The van der Waals surface area contributed by atoms with E-state index in [4.69, 9.17) is 5.11 Å². The van der Waals surface area contributed by atoms with Gasteiger partial charge in [-0.15, -0.1) is 0 Å². The van der Waals surface area contributed by atoms with E-state index < -0.39 is 5.97 Å². The quantitative estimate of drug-likeness (QED) is 0.711. The summed E-state index contributed by atoms with van der Waals surface area (Å²) in [4.78, 5) is 36.6. The highest BCUT2D eigenvalue weighted by atomic mass is 16.4. The summed E-state index contributed by atoms with van der Waals surface area (Å²) in [6, 6.07) is 1.39. The molecule has 0 aromatic carbocycles. The van der Waals surface area contributed by atoms with E-state index in [1.807, 2.05) is 0 Å². The van der Waals surface area contributed by atoms with Gasteiger partial charge in [0.15, 0.2) is 5.78 Å². The van der Waals surface area contributed by atoms with Gasteiger partial charge in [0.25, 0.3) is 5.91 Å². The lowest BCUT2D eigenvalue weighted by atomic mass is 10.1. The van der Waals surface area contributed by atoms with E-state index in [2.05, 4.69) is 10.3 Å². The summed E-state index contributed by atoms with van der Waals surface area (Å²) in [6.07, 6.45) is 3.21. The van der Waals surface area contributed by atoms with Crippen LogP contribution >= 0.6 is 0 Å². The molecule has 0 saturated heterocycles. The lowest BCUT2D eigenvalue weighted by Gasteiger charge is -2.11. The van der Waals surface area contributed by atoms with Gasteiger partial charge >= 0.3 is 5.97 Å². The van der Waals surface area contributed by atoms with Gasteiger partial charge in [0.2, 0.25) is 0 Å². The Morgan fingerprint density at radius 1 is 1.37 bits per heavy atom. The summed E-state index contributed by atoms with van der Waals surface area (Å²) in [5.74, 6) is -1.59. The highest BCUT2D eigenvalue weighted by molar-refractivity contribution is 5.99. The summed E-state index contributed by atoms with van der Waals surface area (Å²) in [7, 11) is 0. The summed E-state index contributed by atoms with van der Waals surface area (Å²) in [5.41, 5.74) is 0.781. The van der Waals surface area contributed by atoms with Crippen molar-refractivity contribution >= 4 is 17.7 Å². The lowest BCUT2D eigenvalue weighted by Crippen LogP contribution is -2.33. The van der Waals surface area contributed by atoms with Crippen molar-refractivity contribution in [2.45, 2.75) is 32.2 Å². The van der Waals surface area contributed by atoms with Gasteiger partial charge in [0.05, 0.1) is 5.92 Å². The number of rotatable bonds is 4. The van der Waals surface area contributed by atoms with Crippen molar-refractivity contribution in [3.8, 4) is 0 Å². The summed E-state index contributed by atoms with van der Waals surface area (Å²) >= 11 is 0. The Labute approximate surface area is 110 Å². The molecule has 1 fully saturated rings. The molecule has 1 saturated carbocycles. The fourth-order valence-corrected chi connectivity index (χ4v) is 2.33. The van der Waals surface area contributed by atoms with Crippen molar-refractivity contribution in [3.63, 3.8) is 0 Å². The molecule has 1 aliphatic rings. The van der Waals surface area contributed by atoms with Crippen LogP contribution < -0.4 is 5.32 Å². The molecule has 19 heavy (non-hydrogen) atoms. The SMILES string of the molecule is CC(=O)c1c[nH]c(C(=O)NC2CCC(C(=O)O)C2)c1. The van der Waals surface area contributed by atoms with Gasteiger partial charge in [0, 0.05) is 17.8 Å². The fraction of sp³-hybridized carbons (Fsp3) is 0.462. The minimum absolute atomic E-state index is 0.109. The Morgan fingerprint density at radius 2 is 2.11 bits per heavy atom. The number of carboxylic acids is 1. The smallest absolute Gasteiger partial charge is 0.306 e. The van der Waals surface area contributed by atoms with Crippen LogP contribution in [0.5, 0.6) is 0 Å². The molecular formula is C13H16N2O4. The van der Waals surface area contributed by atoms with E-state index in [1.165, 1.54) is 19.2 Å². The second-order valence-corrected chi connectivity index (χ2v) is 4.88. The third-order valence-electron chi connectivity index (χ3n) is 3.45. The Kier molecular flexibility index (Phi) is 3.69. The summed E-state index contributed by atoms with van der Waals surface area (Å²) in [5, 5.41) is 11.7. The number of carbonyl (C=O) groups is 3. The van der Waals surface area contributed by atoms with Crippen molar-refractivity contribution in [2.75, 3.05) is 0 Å². The van der Waals surface area contributed by atoms with Crippen molar-refractivity contribution in [1.29, 1.82) is 0 Å². The van der Waals surface area contributed by atoms with Gasteiger partial charge in [-0.1, -0.05) is 0 Å². The highest BCUT2D eigenvalue weighted by Crippen LogP contribution is 2.25. The maximum Gasteiger partial charge on any atom is 0.306 e. The average Bonchev–Trinajstić information content (AvgIpc) is 2.96. The zero-order valence-electron chi connectivity index (χ0n) is 10.6. The number of ketones is 1. The molecule has 1 heterocycles. The van der Waals surface area contributed by atoms with E-state index in [0.29, 0.717) is 30.5 Å². The zero-order valence-corrected chi connectivity index (χ0v) is 10.6. The number of H-pyrrole nitrogens is 1. The first-order valence-corrected chi connectivity index (χ1v) is 6.20. The van der Waals surface area contributed by atoms with Crippen molar-refractivity contribution < 1.29 is 19.5 Å². The van der Waals surface area contributed by atoms with Gasteiger partial charge < -0.3 is 15.4 Å². The molecule has 2 atom stereocenters. The number of Topliss-reactive ketones (excluding diaryl/α,β-unsaturated/α-hetero) is 1. The highest BCUT2D eigenvalue weighted by Gasteiger charge is 2.30. The molecule has 1 amide bonds. The van der Waals surface area contributed by atoms with Crippen LogP contribution in [0.15, 0.2) is 12.3 Å². The minimum atomic E-state index is -0.810. The number of hydrogen-bond donors (Lipinski definition) is 3. The number of aliphatic carboxylic acids is 1. The summed E-state index contributed by atoms with van der Waals surface area (Å²) < 4.78 is 0. The van der Waals surface area contributed by atoms with Crippen LogP contribution in [-0.2, 0) is 4.79 Å². The molecule has 0 radical (unpaired) electrons. The average molecular weight is 264 g/mol. The van der Waals surface area contributed by atoms with Crippen LogP contribution in [0.2, 0.25) is 0 Å². The number of amides is 1. The monoisotopic (exact) mass is 264 g/mol. The number of hydrogen-bond acceptors (Lipinski definition) is 3. The maximum atomic E-state index is 11.9. The Morgan fingerprint density at radius 3 is 2.63 bits per heavy atom. The fourth-order valence-electron chi connectivity index (χ4n) is 2.33. The van der Waals surface area contributed by atoms with Crippen LogP contribution in [0.4, 0.5) is 0 Å². The Balaban J connectivity index is 1.94. The Bertz CT molecular complexity index is 520. The Hall–Kier alpha value is -2.11. The molecular weight excluding hydrogens is 248 g/mol. The first-order valence-electron chi connectivity index (χ1n) is 6.20. The van der Waals surface area contributed by atoms with E-state index in [1.54, 1.807) is 0 Å². The second kappa shape index (κ2) is 5.26. The number of carboxylic acid groups (broad SMARTS) is 1. The van der Waals surface area contributed by atoms with E-state index in [9.17, 15) is 14.4 Å². The molecule has 2 unspecified atom stereocenters. The zero-order chi connectivity index (χ0) is 14.0. The first-order chi connectivity index (χ1) is 8.97. The van der Waals surface area contributed by atoms with E-state index >= 15 is 0 Å². The molecule has 6 heteroatoms. The second-order valence-electron chi connectivity index (χ2n) is 4.88. The topological polar surface area (TPSA) is 99.3 Å². The molecule has 1 aliphatic carbocycles. The largest absolute Gasteiger partial charge is 0.481 e. The van der Waals surface area contributed by atoms with E-state index in [-0.39, 0.29) is 23.7 Å². The van der Waals surface area contributed by atoms with Gasteiger partial charge in [-0.3, -0.25) is 14.4 Å². The molecule has 0 bridgehead atoms. The number of carbonyl (C=O) groups excluding carboxylic acids is 2. The number of aromatic nitrogens is 1. The van der Waals surface area contributed by atoms with Crippen molar-refractivity contribution in [1.82, 2.24) is 10.3 Å². The molecule has 1 aromatic rings. The van der Waals surface area contributed by atoms with Crippen LogP contribution in [-0.4, -0.2) is 33.8 Å². The van der Waals surface area contributed by atoms with Crippen LogP contribution in [0.25, 0.3) is 0 Å². The standard InChI is InChI=1S/C13H16N2O4/c1-7(16)9-5-11(14-6-9)12(17)15-10-3-2-8(4-10)13(18)19/h5-6,8,10,14H,2-4H2,1H3,(H,15,17)(H,18,19). The maximum absolute atomic E-state index is 11.9. The predicted molar refractivity (Wildman–Crippen MR) is 67.0 cm³/mol. The molecule has 2 rings (SSSR count). The molecule has 0 aliphatic heterocycles. The van der Waals surface area contributed by atoms with Gasteiger partial charge in [-0.25, -0.2) is 0 Å². The van der Waals surface area contributed by atoms with Gasteiger partial charge in [0.1, 0.15) is 5.69 Å². The number of aromatic amines is 1. The van der Waals surface area contributed by atoms with Crippen LogP contribution in [0.3, 0.4) is 0 Å². The van der Waals surface area contributed by atoms with Crippen LogP contribution in [0.1, 0.15) is 47.0 Å². The molecule has 3 N–H and O–H groups in total. The van der Waals surface area contributed by atoms with Crippen molar-refractivity contribution in [3.05, 3.63) is 23.5 Å². The molecule has 1 aromatic heterocycles. The van der Waals surface area contributed by atoms with Crippen LogP contribution in [0, 0.1) is 5.92 Å². The minimum Gasteiger partial charge on any atom is -0.481 e. The molecule has 102 valence electrons. The lowest BCUT2D eigenvalue weighted by molar-refractivity contribution is -0.141. The predicted octanol–water partition coefficient (Wildman–Crippen LogP) is 1.20. The summed E-state index contributed by atoms with van der Waals surface area (Å²) in [6.45, 7) is 1.43. The molecule has 0 spiro atoms. The first kappa shape index (κ1) is 13.3. The third-order valence-corrected chi connectivity index (χ3v) is 3.45. The van der Waals surface area contributed by atoms with E-state index in [0.717, 1.165) is 0 Å². The molecule has 6 nitrogen and oxygen atoms in total. The van der Waals surface area contributed by atoms with Gasteiger partial charge in [-0.2, -0.15) is 0 Å². The number of nitrogens with one attached hydrogen (secondary N) is 2.